The molecule has 0 bridgehead atoms. The number of nitrogens with zero attached hydrogens (tertiary/aromatic N) is 3. The molecule has 17 nitrogen and oxygen atoms in total. The molecule has 20 rings (SSSR count). The molecule has 0 aromatic heterocycles. The monoisotopic (exact) mass is 2080 g/mol. The summed E-state index contributed by atoms with van der Waals surface area (Å²) in [6, 6.07) is 71.0. The first kappa shape index (κ1) is 111. The number of carboxylic acid groups (broad SMARTS) is 1. The highest BCUT2D eigenvalue weighted by Gasteiger charge is 2.54. The smallest absolute Gasteiger partial charge is 0.416 e. The van der Waals surface area contributed by atoms with Gasteiger partial charge in [-0.1, -0.05) is 166 Å². The van der Waals surface area contributed by atoms with Crippen LogP contribution in [0, 0.1) is 35.5 Å². The quantitative estimate of drug-likeness (QED) is 0.0170. The number of rotatable bonds is 27. The number of hydrogen-bond acceptors (Lipinski definition) is 16. The van der Waals surface area contributed by atoms with E-state index in [1.54, 1.807) is 18.2 Å². The van der Waals surface area contributed by atoms with Gasteiger partial charge in [0, 0.05) is 83.6 Å². The number of fused-ring (bicyclic) bond motifs is 15. The number of anilines is 5. The lowest BCUT2D eigenvalue weighted by Crippen LogP contribution is -2.45. The third-order valence-corrected chi connectivity index (χ3v) is 32.1. The van der Waals surface area contributed by atoms with Crippen LogP contribution >= 0.6 is 0 Å². The Morgan fingerprint density at radius 3 is 0.966 bits per heavy atom. The van der Waals surface area contributed by atoms with Crippen molar-refractivity contribution in [1.82, 2.24) is 41.3 Å². The molecule has 32 heteroatoms. The molecule has 10 aromatic carbocycles. The number of alkyl halides is 15. The first-order valence-electron chi connectivity index (χ1n) is 52.4. The Morgan fingerprint density at radius 1 is 0.342 bits per heavy atom. The SMILES string of the molecule is CC(C)C(N[C@@H]1C[C@@H]2[C@H](C1)c1cc(C(F)(F)F)ccc1N[C@H]2c1ccccc1)C(=O)O.CN(C)CCCNC1CC[C@@H]2C1c1cc(C(F)(F)F)ccc1N[C@@H]2c1ccccc1.CN(C)CCCN[C@@H]1CC2c3cc(C(F)(F)F)ccc3N[C@H](c3ccccc3)[C@@H]2C1.CN(C)CCNC1C[C@@H]2C(c3cc(C(F)(F)F)ccc3N[C@@H]2c2ccccc2)[C@H]1O.NCCCN[C@H]1CC2c3cc(C(F)(F)F)ccc3N[C@@H](c3ccccc3)[C@@H]2C1. The molecule has 0 amide bonds. The van der Waals surface area contributed by atoms with Crippen LogP contribution in [0.5, 0.6) is 0 Å². The zero-order chi connectivity index (χ0) is 106. The summed E-state index contributed by atoms with van der Waals surface area (Å²) in [5.41, 5.74) is 15.9. The van der Waals surface area contributed by atoms with Crippen LogP contribution in [0.3, 0.4) is 0 Å². The highest BCUT2D eigenvalue weighted by Crippen LogP contribution is 2.61. The maximum absolute atomic E-state index is 13.4. The van der Waals surface area contributed by atoms with Gasteiger partial charge in [0.25, 0.3) is 0 Å². The number of carboxylic acids is 1. The van der Waals surface area contributed by atoms with Crippen LogP contribution in [0.2, 0.25) is 0 Å². The zero-order valence-corrected chi connectivity index (χ0v) is 85.4. The summed E-state index contributed by atoms with van der Waals surface area (Å²) in [6.07, 6.45) is -11.9. The van der Waals surface area contributed by atoms with Gasteiger partial charge in [0.15, 0.2) is 0 Å². The molecule has 5 saturated carbocycles. The van der Waals surface area contributed by atoms with E-state index in [1.807, 2.05) is 143 Å². The van der Waals surface area contributed by atoms with E-state index in [0.29, 0.717) is 61.2 Å². The number of benzene rings is 10. The van der Waals surface area contributed by atoms with Crippen LogP contribution in [-0.2, 0) is 35.7 Å². The van der Waals surface area contributed by atoms with E-state index >= 15 is 0 Å². The van der Waals surface area contributed by atoms with Crippen molar-refractivity contribution in [3.63, 3.8) is 0 Å². The van der Waals surface area contributed by atoms with Crippen LogP contribution in [0.15, 0.2) is 243 Å². The summed E-state index contributed by atoms with van der Waals surface area (Å²) in [7, 11) is 12.2. The Morgan fingerprint density at radius 2 is 0.638 bits per heavy atom. The Bertz CT molecular complexity index is 5910. The standard InChI is InChI=1S/2C24H30F3N3.C24H27F3N2O2.C23H28F3N3O.C22H26F3N3/c1-30(2)14-6-13-28-21-12-10-18-22(21)19-15-17(24(25,26)27)9-11-20(19)29-23(18)16-7-4-3-5-8-16;1-30(2)12-6-11-28-18-14-19-20-13-17(24(25,26)27)9-10-22(20)29-23(21(19)15-18)16-7-4-3-5-8-16;1-13(2)21(23(30)31)28-16-11-17-18-10-15(24(25,26)27)8-9-20(18)29-22(19(17)12-16)14-6-4-3-5-7-14;1-29(2)11-10-27-19-13-17-20(22(19)30)16-12-15(23(24,25)26)8-9-18(16)28-21(17)14-6-4-3-5-7-14;23-22(24,25)15-7-8-20-18(11-15)17-12-16(27-10-4-9-26)13-19(17)21(28-20)14-5-2-1-3-6-14/h3-5,7-9,11,15,18,21-23,28-29H,6,10,12-14H2,1-2H3;3-5,7-10,13,18-19,21,23,28-29H,6,11-12,14-15H2,1-2H3;3-10,13,16-17,19,21-22,28-29H,11-12H2,1-2H3,(H,30,31);3-9,12,17,19-22,27-28,30H,10-11,13H2,1-2H3;1-3,5-8,11,16-17,19,21,27-28H,4,9-10,12-13,26H2/t18-,21?,22?,23-;18-,19?,21-,23-;16-,17+,19+,21?,22-;17-,19?,20?,21-,22+;16-,17?,19+,21-/m11010/s1. The lowest BCUT2D eigenvalue weighted by atomic mass is 9.75. The molecule has 5 aliphatic carbocycles. The van der Waals surface area contributed by atoms with Crippen LogP contribution in [0.1, 0.15) is 234 Å². The first-order valence-corrected chi connectivity index (χ1v) is 52.4. The second-order valence-electron chi connectivity index (χ2n) is 43.2. The van der Waals surface area contributed by atoms with E-state index in [-0.39, 0.29) is 113 Å². The number of aliphatic hydroxyl groups is 1. The molecule has 149 heavy (non-hydrogen) atoms. The molecule has 14 N–H and O–H groups in total. The van der Waals surface area contributed by atoms with Gasteiger partial charge in [0.1, 0.15) is 6.04 Å². The van der Waals surface area contributed by atoms with Crippen molar-refractivity contribution in [2.24, 2.45) is 41.2 Å². The topological polar surface area (TPSA) is 214 Å². The number of hydrogen-bond donors (Lipinski definition) is 13. The number of nitrogens with two attached hydrogens (primary N) is 1. The Kier molecular flexibility index (Phi) is 35.7. The minimum absolute atomic E-state index is 0.00441. The van der Waals surface area contributed by atoms with Crippen molar-refractivity contribution in [3.05, 3.63) is 326 Å². The third kappa shape index (κ3) is 26.8. The van der Waals surface area contributed by atoms with Gasteiger partial charge in [-0.3, -0.25) is 4.79 Å². The fourth-order valence-corrected chi connectivity index (χ4v) is 25.2. The van der Waals surface area contributed by atoms with E-state index in [9.17, 15) is 80.9 Å². The van der Waals surface area contributed by atoms with Crippen LogP contribution in [-0.4, -0.2) is 168 Å². The Labute approximate surface area is 864 Å². The van der Waals surface area contributed by atoms with Gasteiger partial charge in [-0.05, 0) is 358 Å². The van der Waals surface area contributed by atoms with Gasteiger partial charge < -0.3 is 83.8 Å². The summed E-state index contributed by atoms with van der Waals surface area (Å²) in [4.78, 5) is 18.1. The van der Waals surface area contributed by atoms with E-state index in [0.717, 1.165) is 160 Å². The molecule has 802 valence electrons. The minimum Gasteiger partial charge on any atom is -0.480 e. The van der Waals surface area contributed by atoms with Crippen LogP contribution in [0.4, 0.5) is 94.3 Å². The average Bonchev–Trinajstić information content (AvgIpc) is 1.65. The molecule has 5 fully saturated rings. The molecule has 10 aliphatic rings. The highest BCUT2D eigenvalue weighted by atomic mass is 19.4. The molecule has 5 heterocycles. The minimum atomic E-state index is -4.41. The summed E-state index contributed by atoms with van der Waals surface area (Å²) < 4.78 is 200. The molecule has 22 atom stereocenters. The van der Waals surface area contributed by atoms with Gasteiger partial charge in [0.2, 0.25) is 0 Å². The van der Waals surface area contributed by atoms with Gasteiger partial charge in [0.05, 0.1) is 64.1 Å². The van der Waals surface area contributed by atoms with Crippen molar-refractivity contribution in [2.75, 3.05) is 121 Å². The van der Waals surface area contributed by atoms with Gasteiger partial charge in [-0.15, -0.1) is 0 Å². The van der Waals surface area contributed by atoms with E-state index in [2.05, 4.69) is 132 Å². The largest absolute Gasteiger partial charge is 0.480 e. The number of nitrogens with one attached hydrogen (secondary N) is 10. The molecular formula is C117H141F15N14O3. The Balaban J connectivity index is 0.000000133. The van der Waals surface area contributed by atoms with E-state index in [4.69, 9.17) is 5.73 Å². The van der Waals surface area contributed by atoms with Crippen molar-refractivity contribution in [1.29, 1.82) is 0 Å². The zero-order valence-electron chi connectivity index (χ0n) is 85.4. The van der Waals surface area contributed by atoms with E-state index < -0.39 is 76.8 Å². The molecule has 10 aromatic rings. The third-order valence-electron chi connectivity index (χ3n) is 32.1. The molecule has 0 spiro atoms. The normalized spacial score (nSPS) is 26.4. The summed E-state index contributed by atoms with van der Waals surface area (Å²) in [5, 5.41) is 55.9. The van der Waals surface area contributed by atoms with E-state index in [1.165, 1.54) is 77.4 Å². The number of halogens is 15. The van der Waals surface area contributed by atoms with Crippen molar-refractivity contribution < 1.29 is 80.9 Å². The fourth-order valence-electron chi connectivity index (χ4n) is 25.2. The first-order chi connectivity index (χ1) is 71.0. The van der Waals surface area contributed by atoms with Crippen molar-refractivity contribution >= 4 is 34.4 Å². The molecule has 0 saturated heterocycles. The second kappa shape index (κ2) is 48.0. The molecule has 5 aliphatic heterocycles. The van der Waals surface area contributed by atoms with Gasteiger partial charge in [-0.25, -0.2) is 0 Å². The van der Waals surface area contributed by atoms with Gasteiger partial charge in [-0.2, -0.15) is 65.9 Å². The average molecular weight is 2080 g/mol. The lowest BCUT2D eigenvalue weighted by molar-refractivity contribution is -0.141. The maximum atomic E-state index is 13.4. The summed E-state index contributed by atoms with van der Waals surface area (Å²) in [5.74, 6) is -0.249. The highest BCUT2D eigenvalue weighted by molar-refractivity contribution is 5.74. The second-order valence-corrected chi connectivity index (χ2v) is 43.2. The van der Waals surface area contributed by atoms with Crippen molar-refractivity contribution in [3.8, 4) is 0 Å². The number of aliphatic carboxylic acids is 1. The molecule has 0 radical (unpaired) electrons. The van der Waals surface area contributed by atoms with Gasteiger partial charge >= 0.3 is 36.9 Å². The predicted octanol–water partition coefficient (Wildman–Crippen LogP) is 24.5. The molecule has 7 unspecified atom stereocenters. The predicted molar refractivity (Wildman–Crippen MR) is 559 cm³/mol. The van der Waals surface area contributed by atoms with Crippen molar-refractivity contribution in [2.45, 2.75) is 224 Å². The number of likely N-dealkylation sites (N-methyl/N-ethyl adjacent to an activating group) is 1. The summed E-state index contributed by atoms with van der Waals surface area (Å²) in [6.45, 7) is 10.6. The van der Waals surface area contributed by atoms with Crippen LogP contribution in [0.25, 0.3) is 0 Å². The number of carbonyl (C=O) groups is 1. The molecular weight excluding hydrogens is 1930 g/mol. The Hall–Kier alpha value is -10.8. The maximum Gasteiger partial charge on any atom is 0.416 e. The fraction of sp³-hybridized carbons (Fsp3) is 0.479. The lowest BCUT2D eigenvalue weighted by Gasteiger charge is -2.40. The van der Waals surface area contributed by atoms with Crippen LogP contribution < -0.4 is 58.9 Å². The number of aliphatic hydroxyl groups excluding tert-OH is 1. The summed E-state index contributed by atoms with van der Waals surface area (Å²) >= 11 is 0.